The molecule has 0 aliphatic carbocycles. The van der Waals surface area contributed by atoms with Crippen LogP contribution in [-0.2, 0) is 0 Å². The molecule has 0 saturated carbocycles. The van der Waals surface area contributed by atoms with Crippen LogP contribution in [-0.4, -0.2) is 38.9 Å². The molecular weight excluding hydrogens is 319 g/mol. The van der Waals surface area contributed by atoms with E-state index in [1.807, 2.05) is 24.3 Å². The number of hydrogen-bond acceptors (Lipinski definition) is 5. The van der Waals surface area contributed by atoms with Crippen LogP contribution in [0.5, 0.6) is 0 Å². The predicted molar refractivity (Wildman–Crippen MR) is 80.7 cm³/mol. The number of carbonyl (C=O) groups excluding carboxylic acids is 1. The van der Waals surface area contributed by atoms with Gasteiger partial charge in [0.1, 0.15) is 0 Å². The van der Waals surface area contributed by atoms with E-state index in [1.54, 1.807) is 6.20 Å². The molecule has 0 aliphatic rings. The van der Waals surface area contributed by atoms with Crippen molar-refractivity contribution in [3.8, 4) is 0 Å². The summed E-state index contributed by atoms with van der Waals surface area (Å²) in [7, 11) is 0. The van der Waals surface area contributed by atoms with Gasteiger partial charge in [-0.15, -0.1) is 0 Å². The summed E-state index contributed by atoms with van der Waals surface area (Å²) < 4.78 is 1.33. The number of aldehydes is 1. The van der Waals surface area contributed by atoms with Gasteiger partial charge in [-0.2, -0.15) is 0 Å². The van der Waals surface area contributed by atoms with Gasteiger partial charge >= 0.3 is 124 Å². The zero-order valence-electron chi connectivity index (χ0n) is 11.5. The van der Waals surface area contributed by atoms with Gasteiger partial charge in [-0.25, -0.2) is 0 Å². The Hall–Kier alpha value is -1.78. The van der Waals surface area contributed by atoms with Gasteiger partial charge in [-0.05, 0) is 0 Å². The van der Waals surface area contributed by atoms with Crippen molar-refractivity contribution in [2.24, 2.45) is 10.2 Å². The molecule has 1 aromatic carbocycles. The summed E-state index contributed by atoms with van der Waals surface area (Å²) in [5, 5.41) is 8.24. The molecule has 1 heterocycles. The van der Waals surface area contributed by atoms with Crippen molar-refractivity contribution in [3.63, 3.8) is 0 Å². The standard InChI is InChI=1S/C14H16N4OSe/c1-3-18(4-2)12-7-5-11(6-8-12)16-17-14-15-9-13(10-19)20-14/h5-10H,3-4H2,1-2H3. The molecule has 2 aromatic rings. The number of hydrogen-bond donors (Lipinski definition) is 0. The maximum absolute atomic E-state index is 10.6. The Morgan fingerprint density at radius 3 is 2.45 bits per heavy atom. The molecule has 0 spiro atoms. The van der Waals surface area contributed by atoms with Crippen LogP contribution < -0.4 is 4.90 Å². The van der Waals surface area contributed by atoms with Crippen molar-refractivity contribution in [3.05, 3.63) is 34.9 Å². The summed E-state index contributed by atoms with van der Waals surface area (Å²) in [6.07, 6.45) is 2.38. The van der Waals surface area contributed by atoms with Crippen LogP contribution in [0.3, 0.4) is 0 Å². The number of nitrogens with zero attached hydrogens (tertiary/aromatic N) is 4. The van der Waals surface area contributed by atoms with Gasteiger partial charge in [-0.3, -0.25) is 0 Å². The predicted octanol–water partition coefficient (Wildman–Crippen LogP) is 3.21. The van der Waals surface area contributed by atoms with Crippen molar-refractivity contribution < 1.29 is 4.79 Å². The Balaban J connectivity index is 2.08. The number of azo groups is 1. The van der Waals surface area contributed by atoms with Crippen LogP contribution in [0, 0.1) is 0 Å². The number of anilines is 1. The zero-order valence-corrected chi connectivity index (χ0v) is 13.2. The summed E-state index contributed by atoms with van der Waals surface area (Å²) >= 11 is -0.105. The molecule has 104 valence electrons. The third-order valence-electron chi connectivity index (χ3n) is 2.86. The molecule has 0 bridgehead atoms. The fourth-order valence-electron chi connectivity index (χ4n) is 1.80. The first-order valence-electron chi connectivity index (χ1n) is 6.44. The van der Waals surface area contributed by atoms with Gasteiger partial charge in [0.2, 0.25) is 0 Å². The molecule has 2 rings (SSSR count). The van der Waals surface area contributed by atoms with E-state index >= 15 is 0 Å². The minimum absolute atomic E-state index is 0.105. The average Bonchev–Trinajstić information content (AvgIpc) is 2.96. The molecule has 0 radical (unpaired) electrons. The van der Waals surface area contributed by atoms with Crippen LogP contribution in [0.15, 0.2) is 40.7 Å². The normalized spacial score (nSPS) is 10.9. The van der Waals surface area contributed by atoms with E-state index in [0.717, 1.165) is 25.1 Å². The van der Waals surface area contributed by atoms with Crippen molar-refractivity contribution in [2.45, 2.75) is 13.8 Å². The second kappa shape index (κ2) is 7.12. The second-order valence-electron chi connectivity index (χ2n) is 4.05. The van der Waals surface area contributed by atoms with Crippen LogP contribution >= 0.6 is 0 Å². The maximum atomic E-state index is 10.6. The third-order valence-corrected chi connectivity index (χ3v) is 4.55. The van der Waals surface area contributed by atoms with Crippen molar-refractivity contribution in [1.82, 2.24) is 4.98 Å². The molecule has 0 atom stereocenters. The summed E-state index contributed by atoms with van der Waals surface area (Å²) in [6, 6.07) is 7.96. The summed E-state index contributed by atoms with van der Waals surface area (Å²) in [6.45, 7) is 6.23. The van der Waals surface area contributed by atoms with E-state index in [1.165, 1.54) is 5.69 Å². The summed E-state index contributed by atoms with van der Waals surface area (Å²) in [4.78, 5) is 16.9. The number of carbonyl (C=O) groups is 1. The molecule has 20 heavy (non-hydrogen) atoms. The van der Waals surface area contributed by atoms with Gasteiger partial charge in [-0.1, -0.05) is 0 Å². The van der Waals surface area contributed by atoms with E-state index < -0.39 is 0 Å². The second-order valence-corrected chi connectivity index (χ2v) is 6.24. The first-order valence-corrected chi connectivity index (χ1v) is 8.16. The molecule has 1 aromatic heterocycles. The minimum atomic E-state index is -0.105. The number of benzene rings is 1. The van der Waals surface area contributed by atoms with E-state index in [0.29, 0.717) is 9.13 Å². The molecule has 0 amide bonds. The van der Waals surface area contributed by atoms with E-state index in [4.69, 9.17) is 0 Å². The molecule has 0 saturated heterocycles. The van der Waals surface area contributed by atoms with Crippen LogP contribution in [0.4, 0.5) is 16.1 Å². The number of rotatable bonds is 6. The first-order chi connectivity index (χ1) is 9.76. The zero-order chi connectivity index (χ0) is 14.4. The van der Waals surface area contributed by atoms with Gasteiger partial charge in [0, 0.05) is 0 Å². The fourth-order valence-corrected chi connectivity index (χ4v) is 2.95. The molecule has 0 fully saturated rings. The van der Waals surface area contributed by atoms with E-state index in [2.05, 4.69) is 34.0 Å². The molecule has 0 unspecified atom stereocenters. The SMILES string of the molecule is CCN(CC)c1ccc(N=Nc2ncc(C=O)[se]2)cc1. The molecule has 0 aliphatic heterocycles. The summed E-state index contributed by atoms with van der Waals surface area (Å²) in [5.74, 6) is 0. The Morgan fingerprint density at radius 2 is 1.90 bits per heavy atom. The van der Waals surface area contributed by atoms with Crippen molar-refractivity contribution >= 4 is 36.9 Å². The van der Waals surface area contributed by atoms with Crippen LogP contribution in [0.1, 0.15) is 23.1 Å². The molecule has 0 N–H and O–H groups in total. The molecule has 6 heteroatoms. The topological polar surface area (TPSA) is 57.9 Å². The monoisotopic (exact) mass is 336 g/mol. The number of aromatic nitrogens is 1. The Morgan fingerprint density at radius 1 is 1.20 bits per heavy atom. The Bertz CT molecular complexity index is 587. The van der Waals surface area contributed by atoms with Gasteiger partial charge in [0.05, 0.1) is 0 Å². The first kappa shape index (κ1) is 14.6. The molecular formula is C14H16N4OSe. The van der Waals surface area contributed by atoms with Crippen molar-refractivity contribution in [2.75, 3.05) is 18.0 Å². The average molecular weight is 335 g/mol. The van der Waals surface area contributed by atoms with Gasteiger partial charge in [0.25, 0.3) is 0 Å². The Kier molecular flexibility index (Phi) is 5.21. The van der Waals surface area contributed by atoms with Crippen LogP contribution in [0.2, 0.25) is 0 Å². The van der Waals surface area contributed by atoms with Gasteiger partial charge in [0.15, 0.2) is 0 Å². The summed E-state index contributed by atoms with van der Waals surface area (Å²) in [5.41, 5.74) is 1.97. The van der Waals surface area contributed by atoms with Gasteiger partial charge < -0.3 is 0 Å². The van der Waals surface area contributed by atoms with Crippen LogP contribution in [0.25, 0.3) is 0 Å². The molecule has 5 nitrogen and oxygen atoms in total. The van der Waals surface area contributed by atoms with E-state index in [9.17, 15) is 4.79 Å². The van der Waals surface area contributed by atoms with E-state index in [-0.39, 0.29) is 14.5 Å². The third kappa shape index (κ3) is 3.62. The quantitative estimate of drug-likeness (QED) is 0.463. The van der Waals surface area contributed by atoms with Crippen molar-refractivity contribution in [1.29, 1.82) is 0 Å². The Labute approximate surface area is 124 Å². The fraction of sp³-hybridized carbons (Fsp3) is 0.286.